The predicted molar refractivity (Wildman–Crippen MR) is 99.2 cm³/mol. The van der Waals surface area contributed by atoms with Gasteiger partial charge in [0.1, 0.15) is 25.4 Å². The summed E-state index contributed by atoms with van der Waals surface area (Å²) in [4.78, 5) is 19.4. The van der Waals surface area contributed by atoms with E-state index in [0.717, 1.165) is 23.6 Å². The minimum absolute atomic E-state index is 0.0622. The van der Waals surface area contributed by atoms with E-state index in [-0.39, 0.29) is 5.69 Å². The van der Waals surface area contributed by atoms with Crippen LogP contribution >= 0.6 is 0 Å². The molecule has 1 atom stereocenters. The summed E-state index contributed by atoms with van der Waals surface area (Å²) in [6.45, 7) is 5.65. The van der Waals surface area contributed by atoms with Gasteiger partial charge in [-0.3, -0.25) is 10.1 Å². The summed E-state index contributed by atoms with van der Waals surface area (Å²) in [5, 5.41) is 10.9. The summed E-state index contributed by atoms with van der Waals surface area (Å²) < 4.78 is 5.48. The fourth-order valence-corrected chi connectivity index (χ4v) is 2.80. The summed E-state index contributed by atoms with van der Waals surface area (Å²) in [7, 11) is 2.08. The van der Waals surface area contributed by atoms with Crippen LogP contribution in [0.1, 0.15) is 11.4 Å². The molecule has 0 saturated heterocycles. The van der Waals surface area contributed by atoms with E-state index in [0.29, 0.717) is 18.7 Å². The molecule has 0 radical (unpaired) electrons. The Labute approximate surface area is 151 Å². The molecule has 0 fully saturated rings. The molecule has 1 unspecified atom stereocenters. The van der Waals surface area contributed by atoms with E-state index in [2.05, 4.69) is 23.6 Å². The molecule has 26 heavy (non-hydrogen) atoms. The maximum absolute atomic E-state index is 10.9. The number of nitro groups is 1. The Morgan fingerprint density at radius 3 is 2.73 bits per heavy atom. The smallest absolute Gasteiger partial charge is 0.271 e. The molecule has 134 valence electrons. The van der Waals surface area contributed by atoms with Crippen LogP contribution in [0.2, 0.25) is 0 Å². The summed E-state index contributed by atoms with van der Waals surface area (Å²) in [6.07, 6.45) is 1.72. The standard InChI is InChI=1S/C19H20N4O3/c1-3-10-26-16-7-4-14(5-8-16)12-22(2)13-19-20-17-9-6-15(23(24)25)11-18(17)21-19/h3-9,11H,1,10,12-13H2,2H3,(H,20,21)/p+1. The topological polar surface area (TPSA) is 85.5 Å². The largest absolute Gasteiger partial charge is 0.490 e. The molecule has 1 heterocycles. The average molecular weight is 353 g/mol. The van der Waals surface area contributed by atoms with Crippen LogP contribution in [0, 0.1) is 10.1 Å². The van der Waals surface area contributed by atoms with Gasteiger partial charge in [0.2, 0.25) is 0 Å². The quantitative estimate of drug-likeness (QED) is 0.369. The van der Waals surface area contributed by atoms with Gasteiger partial charge in [-0.25, -0.2) is 4.98 Å². The minimum atomic E-state index is -0.403. The monoisotopic (exact) mass is 353 g/mol. The Hall–Kier alpha value is -3.19. The lowest BCUT2D eigenvalue weighted by Crippen LogP contribution is -3.06. The molecule has 3 aromatic rings. The van der Waals surface area contributed by atoms with Crippen LogP contribution in [0.4, 0.5) is 5.69 Å². The van der Waals surface area contributed by atoms with Crippen LogP contribution in [0.15, 0.2) is 55.1 Å². The fourth-order valence-electron chi connectivity index (χ4n) is 2.80. The van der Waals surface area contributed by atoms with E-state index in [4.69, 9.17) is 4.74 Å². The van der Waals surface area contributed by atoms with Crippen LogP contribution in [0.3, 0.4) is 0 Å². The van der Waals surface area contributed by atoms with E-state index >= 15 is 0 Å². The Morgan fingerprint density at radius 1 is 1.27 bits per heavy atom. The third-order valence-electron chi connectivity index (χ3n) is 3.99. The van der Waals surface area contributed by atoms with Crippen LogP contribution in [0.25, 0.3) is 11.0 Å². The lowest BCUT2D eigenvalue weighted by Gasteiger charge is -2.13. The van der Waals surface area contributed by atoms with Crippen LogP contribution < -0.4 is 9.64 Å². The number of H-pyrrole nitrogens is 1. The van der Waals surface area contributed by atoms with Crippen LogP contribution in [0.5, 0.6) is 5.75 Å². The molecule has 7 nitrogen and oxygen atoms in total. The number of hydrogen-bond donors (Lipinski definition) is 2. The number of imidazole rings is 1. The van der Waals surface area contributed by atoms with Gasteiger partial charge >= 0.3 is 0 Å². The molecular formula is C19H21N4O3+. The highest BCUT2D eigenvalue weighted by Crippen LogP contribution is 2.18. The minimum Gasteiger partial charge on any atom is -0.490 e. The number of non-ortho nitro benzene ring substituents is 1. The van der Waals surface area contributed by atoms with Crippen LogP contribution in [-0.2, 0) is 13.1 Å². The van der Waals surface area contributed by atoms with Gasteiger partial charge in [0.25, 0.3) is 5.69 Å². The number of benzene rings is 2. The van der Waals surface area contributed by atoms with Crippen LogP contribution in [-0.4, -0.2) is 28.5 Å². The average Bonchev–Trinajstić information content (AvgIpc) is 3.02. The van der Waals surface area contributed by atoms with Crippen molar-refractivity contribution in [2.75, 3.05) is 13.7 Å². The van der Waals surface area contributed by atoms with E-state index in [1.807, 2.05) is 24.3 Å². The van der Waals surface area contributed by atoms with Gasteiger partial charge in [-0.1, -0.05) is 12.7 Å². The number of quaternary nitrogens is 1. The first-order valence-corrected chi connectivity index (χ1v) is 8.32. The molecule has 0 aliphatic carbocycles. The Balaban J connectivity index is 1.64. The maximum atomic E-state index is 10.9. The second-order valence-corrected chi connectivity index (χ2v) is 6.20. The molecule has 0 amide bonds. The molecule has 0 aliphatic heterocycles. The van der Waals surface area contributed by atoms with Gasteiger partial charge in [0.15, 0.2) is 5.82 Å². The first-order valence-electron chi connectivity index (χ1n) is 8.32. The maximum Gasteiger partial charge on any atom is 0.271 e. The summed E-state index contributed by atoms with van der Waals surface area (Å²) in [5.74, 6) is 1.63. The van der Waals surface area contributed by atoms with Gasteiger partial charge < -0.3 is 14.6 Å². The first kappa shape index (κ1) is 17.6. The molecule has 2 N–H and O–H groups in total. The first-order chi connectivity index (χ1) is 12.5. The number of nitro benzene ring substituents is 1. The van der Waals surface area contributed by atoms with E-state index in [9.17, 15) is 10.1 Å². The van der Waals surface area contributed by atoms with E-state index in [1.54, 1.807) is 12.1 Å². The highest BCUT2D eigenvalue weighted by atomic mass is 16.6. The second kappa shape index (κ2) is 7.79. The normalized spacial score (nSPS) is 12.0. The van der Waals surface area contributed by atoms with Crippen molar-refractivity contribution in [3.05, 3.63) is 76.6 Å². The van der Waals surface area contributed by atoms with Crippen molar-refractivity contribution in [3.63, 3.8) is 0 Å². The number of hydrogen-bond acceptors (Lipinski definition) is 4. The van der Waals surface area contributed by atoms with Gasteiger partial charge in [0, 0.05) is 17.7 Å². The molecular weight excluding hydrogens is 332 g/mol. The molecule has 0 aliphatic rings. The van der Waals surface area contributed by atoms with Crippen molar-refractivity contribution in [1.29, 1.82) is 0 Å². The molecule has 1 aromatic heterocycles. The van der Waals surface area contributed by atoms with Crippen molar-refractivity contribution in [1.82, 2.24) is 9.97 Å². The van der Waals surface area contributed by atoms with Crippen molar-refractivity contribution < 1.29 is 14.6 Å². The highest BCUT2D eigenvalue weighted by molar-refractivity contribution is 5.77. The van der Waals surface area contributed by atoms with E-state index < -0.39 is 4.92 Å². The number of fused-ring (bicyclic) bond motifs is 1. The molecule has 0 bridgehead atoms. The molecule has 3 rings (SSSR count). The SMILES string of the molecule is C=CCOc1ccc(C[NH+](C)Cc2nc3ccc([N+](=O)[O-])cc3[nH]2)cc1. The Kier molecular flexibility index (Phi) is 5.28. The lowest BCUT2D eigenvalue weighted by molar-refractivity contribution is -0.908. The Bertz CT molecular complexity index is 918. The number of ether oxygens (including phenoxy) is 1. The van der Waals surface area contributed by atoms with E-state index in [1.165, 1.54) is 22.6 Å². The zero-order valence-electron chi connectivity index (χ0n) is 14.6. The van der Waals surface area contributed by atoms with Gasteiger partial charge in [-0.05, 0) is 30.3 Å². The molecule has 0 saturated carbocycles. The van der Waals surface area contributed by atoms with Crippen molar-refractivity contribution in [2.24, 2.45) is 0 Å². The predicted octanol–water partition coefficient (Wildman–Crippen LogP) is 2.25. The van der Waals surface area contributed by atoms with Gasteiger partial charge in [-0.2, -0.15) is 0 Å². The molecule has 2 aromatic carbocycles. The lowest BCUT2D eigenvalue weighted by atomic mass is 10.2. The fraction of sp³-hybridized carbons (Fsp3) is 0.211. The Morgan fingerprint density at radius 2 is 2.04 bits per heavy atom. The van der Waals surface area contributed by atoms with Crippen molar-refractivity contribution in [2.45, 2.75) is 13.1 Å². The van der Waals surface area contributed by atoms with Gasteiger partial charge in [0.05, 0.1) is 23.0 Å². The van der Waals surface area contributed by atoms with Crippen molar-refractivity contribution in [3.8, 4) is 5.75 Å². The molecule has 7 heteroatoms. The number of aromatic nitrogens is 2. The number of aromatic amines is 1. The number of nitrogens with one attached hydrogen (secondary N) is 2. The summed E-state index contributed by atoms with van der Waals surface area (Å²) >= 11 is 0. The second-order valence-electron chi connectivity index (χ2n) is 6.20. The summed E-state index contributed by atoms with van der Waals surface area (Å²) in [5.41, 5.74) is 2.68. The number of rotatable bonds is 8. The highest BCUT2D eigenvalue weighted by Gasteiger charge is 2.12. The zero-order valence-corrected chi connectivity index (χ0v) is 14.6. The number of nitrogens with zero attached hydrogens (tertiary/aromatic N) is 2. The molecule has 0 spiro atoms. The third kappa shape index (κ3) is 4.25. The van der Waals surface area contributed by atoms with Gasteiger partial charge in [-0.15, -0.1) is 0 Å². The third-order valence-corrected chi connectivity index (χ3v) is 3.99. The van der Waals surface area contributed by atoms with Crippen molar-refractivity contribution >= 4 is 16.7 Å². The zero-order chi connectivity index (χ0) is 18.5. The summed E-state index contributed by atoms with van der Waals surface area (Å²) in [6, 6.07) is 12.7.